The third-order valence-corrected chi connectivity index (χ3v) is 3.06. The van der Waals surface area contributed by atoms with E-state index in [1.54, 1.807) is 18.2 Å². The van der Waals surface area contributed by atoms with Crippen LogP contribution in [0.4, 0.5) is 0 Å². The van der Waals surface area contributed by atoms with E-state index in [1.807, 2.05) is 30.3 Å². The van der Waals surface area contributed by atoms with Gasteiger partial charge in [-0.2, -0.15) is 0 Å². The molecule has 0 fully saturated rings. The van der Waals surface area contributed by atoms with E-state index in [0.717, 1.165) is 5.56 Å². The maximum Gasteiger partial charge on any atom is 0.165 e. The number of hydrogen-bond donors (Lipinski definition) is 1. The summed E-state index contributed by atoms with van der Waals surface area (Å²) in [5.41, 5.74) is 1.13. The summed E-state index contributed by atoms with van der Waals surface area (Å²) in [6, 6.07) is 14.8. The predicted octanol–water partition coefficient (Wildman–Crippen LogP) is 2.75. The fraction of sp³-hybridized carbons (Fsp3) is 0.250. The Hall–Kier alpha value is -2.20. The first-order chi connectivity index (χ1) is 9.81. The van der Waals surface area contributed by atoms with Crippen LogP contribution in [-0.4, -0.2) is 24.4 Å². The van der Waals surface area contributed by atoms with Crippen molar-refractivity contribution in [1.29, 1.82) is 0 Å². The van der Waals surface area contributed by atoms with Crippen molar-refractivity contribution in [2.24, 2.45) is 0 Å². The smallest absolute Gasteiger partial charge is 0.165 e. The van der Waals surface area contributed by atoms with E-state index in [4.69, 9.17) is 14.2 Å². The first-order valence-corrected chi connectivity index (χ1v) is 6.55. The molecular formula is C16H16O4. The van der Waals surface area contributed by atoms with Gasteiger partial charge in [0.1, 0.15) is 12.4 Å². The molecular weight excluding hydrogens is 256 g/mol. The fourth-order valence-corrected chi connectivity index (χ4v) is 2.07. The Bertz CT molecular complexity index is 568. The van der Waals surface area contributed by atoms with Gasteiger partial charge < -0.3 is 19.3 Å². The van der Waals surface area contributed by atoms with Gasteiger partial charge in [-0.05, 0) is 17.7 Å². The highest BCUT2D eigenvalue weighted by molar-refractivity contribution is 5.45. The average Bonchev–Trinajstić information content (AvgIpc) is 2.48. The Morgan fingerprint density at radius 1 is 1.10 bits per heavy atom. The minimum atomic E-state index is -0.129. The number of hydrogen-bond acceptors (Lipinski definition) is 4. The van der Waals surface area contributed by atoms with Crippen LogP contribution < -0.4 is 9.47 Å². The number of phenols is 1. The van der Waals surface area contributed by atoms with Gasteiger partial charge >= 0.3 is 0 Å². The van der Waals surface area contributed by atoms with Crippen molar-refractivity contribution in [2.45, 2.75) is 12.7 Å². The Balaban J connectivity index is 1.52. The predicted molar refractivity (Wildman–Crippen MR) is 74.1 cm³/mol. The lowest BCUT2D eigenvalue weighted by molar-refractivity contribution is 0.00261. The van der Waals surface area contributed by atoms with E-state index in [9.17, 15) is 5.11 Å². The molecule has 0 aliphatic carbocycles. The van der Waals surface area contributed by atoms with E-state index in [-0.39, 0.29) is 11.9 Å². The second-order valence-electron chi connectivity index (χ2n) is 4.68. The van der Waals surface area contributed by atoms with Crippen LogP contribution in [0.1, 0.15) is 5.56 Å². The minimum Gasteiger partial charge on any atom is -0.508 e. The highest BCUT2D eigenvalue weighted by atomic mass is 16.6. The second kappa shape index (κ2) is 5.84. The first-order valence-electron chi connectivity index (χ1n) is 6.55. The number of rotatable bonds is 4. The molecule has 0 radical (unpaired) electrons. The Morgan fingerprint density at radius 2 is 1.95 bits per heavy atom. The molecule has 0 amide bonds. The maximum absolute atomic E-state index is 9.36. The summed E-state index contributed by atoms with van der Waals surface area (Å²) in [7, 11) is 0. The molecule has 20 heavy (non-hydrogen) atoms. The number of aromatic hydroxyl groups is 1. The van der Waals surface area contributed by atoms with Crippen molar-refractivity contribution in [3.8, 4) is 17.2 Å². The number of ether oxygens (including phenoxy) is 3. The van der Waals surface area contributed by atoms with Crippen LogP contribution >= 0.6 is 0 Å². The standard InChI is InChI=1S/C16H16O4/c17-13-6-7-15-16(8-13)19-11-14(20-15)10-18-9-12-4-2-1-3-5-12/h1-8,14,17H,9-11H2/t14-/m1/s1. The zero-order valence-corrected chi connectivity index (χ0v) is 11.0. The molecule has 1 aliphatic heterocycles. The van der Waals surface area contributed by atoms with Gasteiger partial charge in [0.2, 0.25) is 0 Å². The van der Waals surface area contributed by atoms with E-state index < -0.39 is 0 Å². The van der Waals surface area contributed by atoms with Gasteiger partial charge in [0.15, 0.2) is 17.6 Å². The van der Waals surface area contributed by atoms with Crippen LogP contribution in [0, 0.1) is 0 Å². The number of fused-ring (bicyclic) bond motifs is 1. The third kappa shape index (κ3) is 3.03. The SMILES string of the molecule is Oc1ccc2c(c1)OC[C@@H](COCc1ccccc1)O2. The summed E-state index contributed by atoms with van der Waals surface area (Å²) >= 11 is 0. The monoisotopic (exact) mass is 272 g/mol. The van der Waals surface area contributed by atoms with Crippen LogP contribution in [-0.2, 0) is 11.3 Å². The van der Waals surface area contributed by atoms with Gasteiger partial charge in [0.25, 0.3) is 0 Å². The maximum atomic E-state index is 9.36. The molecule has 4 nitrogen and oxygen atoms in total. The van der Waals surface area contributed by atoms with Gasteiger partial charge in [0.05, 0.1) is 13.2 Å². The molecule has 104 valence electrons. The number of benzene rings is 2. The summed E-state index contributed by atoms with van der Waals surface area (Å²) in [4.78, 5) is 0. The molecule has 0 unspecified atom stereocenters. The summed E-state index contributed by atoms with van der Waals surface area (Å²) in [5.74, 6) is 1.39. The molecule has 2 aromatic rings. The normalized spacial score (nSPS) is 16.9. The highest BCUT2D eigenvalue weighted by Gasteiger charge is 2.21. The van der Waals surface area contributed by atoms with Gasteiger partial charge in [-0.15, -0.1) is 0 Å². The molecule has 0 saturated carbocycles. The quantitative estimate of drug-likeness (QED) is 0.929. The zero-order chi connectivity index (χ0) is 13.8. The molecule has 1 N–H and O–H groups in total. The van der Waals surface area contributed by atoms with Crippen LogP contribution in [0.3, 0.4) is 0 Å². The van der Waals surface area contributed by atoms with Crippen LogP contribution in [0.2, 0.25) is 0 Å². The molecule has 0 spiro atoms. The summed E-state index contributed by atoms with van der Waals surface area (Å²) in [6.07, 6.45) is -0.129. The van der Waals surface area contributed by atoms with E-state index in [0.29, 0.717) is 31.3 Å². The van der Waals surface area contributed by atoms with Crippen molar-refractivity contribution in [1.82, 2.24) is 0 Å². The lowest BCUT2D eigenvalue weighted by Crippen LogP contribution is -2.33. The summed E-state index contributed by atoms with van der Waals surface area (Å²) < 4.78 is 17.0. The molecule has 0 aromatic heterocycles. The average molecular weight is 272 g/mol. The molecule has 1 atom stereocenters. The highest BCUT2D eigenvalue weighted by Crippen LogP contribution is 2.34. The van der Waals surface area contributed by atoms with Crippen molar-refractivity contribution in [3.05, 3.63) is 54.1 Å². The van der Waals surface area contributed by atoms with Gasteiger partial charge in [0, 0.05) is 6.07 Å². The van der Waals surface area contributed by atoms with Crippen molar-refractivity contribution < 1.29 is 19.3 Å². The second-order valence-corrected chi connectivity index (χ2v) is 4.68. The van der Waals surface area contributed by atoms with Crippen LogP contribution in [0.15, 0.2) is 48.5 Å². The van der Waals surface area contributed by atoms with Crippen molar-refractivity contribution >= 4 is 0 Å². The van der Waals surface area contributed by atoms with Gasteiger partial charge in [-0.1, -0.05) is 30.3 Å². The molecule has 1 heterocycles. The molecule has 3 rings (SSSR count). The zero-order valence-electron chi connectivity index (χ0n) is 11.0. The summed E-state index contributed by atoms with van der Waals surface area (Å²) in [6.45, 7) is 1.45. The van der Waals surface area contributed by atoms with E-state index >= 15 is 0 Å². The topological polar surface area (TPSA) is 47.9 Å². The number of phenolic OH excluding ortho intramolecular Hbond substituents is 1. The van der Waals surface area contributed by atoms with Crippen molar-refractivity contribution in [2.75, 3.05) is 13.2 Å². The molecule has 0 saturated heterocycles. The largest absolute Gasteiger partial charge is 0.508 e. The molecule has 2 aromatic carbocycles. The van der Waals surface area contributed by atoms with E-state index in [2.05, 4.69) is 0 Å². The lowest BCUT2D eigenvalue weighted by Gasteiger charge is -2.26. The van der Waals surface area contributed by atoms with Crippen LogP contribution in [0.25, 0.3) is 0 Å². The van der Waals surface area contributed by atoms with Crippen LogP contribution in [0.5, 0.6) is 17.2 Å². The lowest BCUT2D eigenvalue weighted by atomic mass is 10.2. The first kappa shape index (κ1) is 12.8. The van der Waals surface area contributed by atoms with Crippen molar-refractivity contribution in [3.63, 3.8) is 0 Å². The van der Waals surface area contributed by atoms with E-state index in [1.165, 1.54) is 0 Å². The van der Waals surface area contributed by atoms with Gasteiger partial charge in [-0.25, -0.2) is 0 Å². The molecule has 1 aliphatic rings. The Kier molecular flexibility index (Phi) is 3.74. The molecule has 0 bridgehead atoms. The fourth-order valence-electron chi connectivity index (χ4n) is 2.07. The van der Waals surface area contributed by atoms with Gasteiger partial charge in [-0.3, -0.25) is 0 Å². The Labute approximate surface area is 117 Å². The Morgan fingerprint density at radius 3 is 2.80 bits per heavy atom. The minimum absolute atomic E-state index is 0.129. The third-order valence-electron chi connectivity index (χ3n) is 3.06. The molecule has 4 heteroatoms. The summed E-state index contributed by atoms with van der Waals surface area (Å²) in [5, 5.41) is 9.36.